The van der Waals surface area contributed by atoms with Gasteiger partial charge in [0.05, 0.1) is 26.1 Å². The summed E-state index contributed by atoms with van der Waals surface area (Å²) in [4.78, 5) is 4.39. The molecule has 114 valence electrons. The first-order valence-electron chi connectivity index (χ1n) is 6.91. The van der Waals surface area contributed by atoms with Crippen molar-refractivity contribution < 1.29 is 14.6 Å². The van der Waals surface area contributed by atoms with Gasteiger partial charge < -0.3 is 19.1 Å². The molecule has 2 aromatic rings. The lowest BCUT2D eigenvalue weighted by Gasteiger charge is -2.18. The SMILES string of the molecule is COc1cccc([C@@H](O)c2cnc(C(C)C)n2C)c1OC. The number of aromatic nitrogens is 2. The molecule has 1 aromatic carbocycles. The molecule has 0 amide bonds. The summed E-state index contributed by atoms with van der Waals surface area (Å²) in [6.45, 7) is 4.15. The van der Waals surface area contributed by atoms with Gasteiger partial charge in [0, 0.05) is 18.5 Å². The van der Waals surface area contributed by atoms with E-state index in [0.29, 0.717) is 23.0 Å². The first kappa shape index (κ1) is 15.4. The first-order chi connectivity index (χ1) is 10.0. The quantitative estimate of drug-likeness (QED) is 0.919. The van der Waals surface area contributed by atoms with Gasteiger partial charge in [-0.3, -0.25) is 0 Å². The van der Waals surface area contributed by atoms with Crippen molar-refractivity contribution in [1.82, 2.24) is 9.55 Å². The molecule has 0 bridgehead atoms. The summed E-state index contributed by atoms with van der Waals surface area (Å²) in [7, 11) is 5.05. The number of para-hydroxylation sites is 1. The number of benzene rings is 1. The van der Waals surface area contributed by atoms with Gasteiger partial charge in [0.15, 0.2) is 11.5 Å². The van der Waals surface area contributed by atoms with Crippen molar-refractivity contribution in [3.05, 3.63) is 41.5 Å². The second-order valence-corrected chi connectivity index (χ2v) is 5.24. The highest BCUT2D eigenvalue weighted by Gasteiger charge is 2.22. The van der Waals surface area contributed by atoms with E-state index in [1.54, 1.807) is 26.5 Å². The lowest BCUT2D eigenvalue weighted by atomic mass is 10.0. The maximum atomic E-state index is 10.7. The number of ether oxygens (including phenoxy) is 2. The molecule has 2 rings (SSSR count). The van der Waals surface area contributed by atoms with Crippen LogP contribution < -0.4 is 9.47 Å². The van der Waals surface area contributed by atoms with Gasteiger partial charge in [0.2, 0.25) is 0 Å². The zero-order chi connectivity index (χ0) is 15.6. The Morgan fingerprint density at radius 3 is 2.43 bits per heavy atom. The molecule has 21 heavy (non-hydrogen) atoms. The predicted molar refractivity (Wildman–Crippen MR) is 80.9 cm³/mol. The molecule has 0 fully saturated rings. The molecule has 5 nitrogen and oxygen atoms in total. The van der Waals surface area contributed by atoms with Gasteiger partial charge in [-0.15, -0.1) is 0 Å². The summed E-state index contributed by atoms with van der Waals surface area (Å²) in [6, 6.07) is 5.46. The third-order valence-electron chi connectivity index (χ3n) is 3.58. The predicted octanol–water partition coefficient (Wildman–Crippen LogP) is 2.64. The van der Waals surface area contributed by atoms with Crippen LogP contribution in [0.2, 0.25) is 0 Å². The van der Waals surface area contributed by atoms with Crippen LogP contribution in [0.5, 0.6) is 11.5 Å². The molecule has 0 saturated heterocycles. The Bertz CT molecular complexity index is 620. The van der Waals surface area contributed by atoms with Gasteiger partial charge in [-0.2, -0.15) is 0 Å². The number of imidazole rings is 1. The average molecular weight is 290 g/mol. The lowest BCUT2D eigenvalue weighted by Crippen LogP contribution is -2.10. The maximum Gasteiger partial charge on any atom is 0.166 e. The molecule has 0 aliphatic heterocycles. The number of methoxy groups -OCH3 is 2. The van der Waals surface area contributed by atoms with Gasteiger partial charge in [-0.25, -0.2) is 4.98 Å². The molecule has 5 heteroatoms. The number of hydrogen-bond donors (Lipinski definition) is 1. The van der Waals surface area contributed by atoms with Crippen molar-refractivity contribution in [2.75, 3.05) is 14.2 Å². The topological polar surface area (TPSA) is 56.5 Å². The van der Waals surface area contributed by atoms with E-state index in [1.165, 1.54) is 0 Å². The van der Waals surface area contributed by atoms with Crippen LogP contribution in [0, 0.1) is 0 Å². The molecular weight excluding hydrogens is 268 g/mol. The molecule has 1 aromatic heterocycles. The molecule has 1 N–H and O–H groups in total. The fourth-order valence-corrected chi connectivity index (χ4v) is 2.51. The van der Waals surface area contributed by atoms with Crippen molar-refractivity contribution in [2.45, 2.75) is 25.9 Å². The summed E-state index contributed by atoms with van der Waals surface area (Å²) in [6.07, 6.45) is 0.888. The molecular formula is C16H22N2O3. The van der Waals surface area contributed by atoms with Crippen LogP contribution >= 0.6 is 0 Å². The third kappa shape index (κ3) is 2.74. The maximum absolute atomic E-state index is 10.7. The summed E-state index contributed by atoms with van der Waals surface area (Å²) >= 11 is 0. The fourth-order valence-electron chi connectivity index (χ4n) is 2.51. The number of hydrogen-bond acceptors (Lipinski definition) is 4. The summed E-state index contributed by atoms with van der Waals surface area (Å²) in [5.74, 6) is 2.37. The average Bonchev–Trinajstić information content (AvgIpc) is 2.87. The second kappa shape index (κ2) is 6.18. The van der Waals surface area contributed by atoms with E-state index in [0.717, 1.165) is 11.5 Å². The Balaban J connectivity index is 2.47. The number of aliphatic hydroxyl groups excluding tert-OH is 1. The molecule has 0 spiro atoms. The Hall–Kier alpha value is -2.01. The Morgan fingerprint density at radius 2 is 1.90 bits per heavy atom. The van der Waals surface area contributed by atoms with Crippen molar-refractivity contribution in [1.29, 1.82) is 0 Å². The largest absolute Gasteiger partial charge is 0.493 e. The van der Waals surface area contributed by atoms with Crippen LogP contribution in [-0.4, -0.2) is 28.9 Å². The number of nitrogens with zero attached hydrogens (tertiary/aromatic N) is 2. The monoisotopic (exact) mass is 290 g/mol. The first-order valence-corrected chi connectivity index (χ1v) is 6.91. The van der Waals surface area contributed by atoms with E-state index in [9.17, 15) is 5.11 Å². The summed E-state index contributed by atoms with van der Waals surface area (Å²) in [5, 5.41) is 10.7. The van der Waals surface area contributed by atoms with Gasteiger partial charge >= 0.3 is 0 Å². The molecule has 1 heterocycles. The van der Waals surface area contributed by atoms with Crippen LogP contribution in [0.25, 0.3) is 0 Å². The van der Waals surface area contributed by atoms with Crippen molar-refractivity contribution in [3.63, 3.8) is 0 Å². The van der Waals surface area contributed by atoms with Crippen LogP contribution in [-0.2, 0) is 7.05 Å². The molecule has 1 atom stereocenters. The van der Waals surface area contributed by atoms with Crippen LogP contribution in [0.3, 0.4) is 0 Å². The second-order valence-electron chi connectivity index (χ2n) is 5.24. The molecule has 0 unspecified atom stereocenters. The van der Waals surface area contributed by atoms with E-state index in [-0.39, 0.29) is 0 Å². The highest BCUT2D eigenvalue weighted by atomic mass is 16.5. The fraction of sp³-hybridized carbons (Fsp3) is 0.438. The van der Waals surface area contributed by atoms with Crippen LogP contribution in [0.4, 0.5) is 0 Å². The molecule has 0 saturated carbocycles. The van der Waals surface area contributed by atoms with E-state index >= 15 is 0 Å². The van der Waals surface area contributed by atoms with E-state index in [4.69, 9.17) is 9.47 Å². The minimum absolute atomic E-state index is 0.295. The summed E-state index contributed by atoms with van der Waals surface area (Å²) < 4.78 is 12.6. The van der Waals surface area contributed by atoms with Crippen molar-refractivity contribution in [2.24, 2.45) is 7.05 Å². The van der Waals surface area contributed by atoms with Crippen molar-refractivity contribution in [3.8, 4) is 11.5 Å². The normalized spacial score (nSPS) is 12.5. The Morgan fingerprint density at radius 1 is 1.19 bits per heavy atom. The smallest absolute Gasteiger partial charge is 0.166 e. The molecule has 0 aliphatic rings. The Kier molecular flexibility index (Phi) is 4.53. The van der Waals surface area contributed by atoms with E-state index < -0.39 is 6.10 Å². The zero-order valence-corrected chi connectivity index (χ0v) is 13.1. The van der Waals surface area contributed by atoms with Crippen molar-refractivity contribution >= 4 is 0 Å². The number of aliphatic hydroxyl groups is 1. The number of rotatable bonds is 5. The van der Waals surface area contributed by atoms with Gasteiger partial charge in [-0.05, 0) is 6.07 Å². The standard InChI is InChI=1S/C16H22N2O3/c1-10(2)16-17-9-12(18(16)3)14(19)11-7-6-8-13(20-4)15(11)21-5/h6-10,14,19H,1-5H3/t14-/m1/s1. The highest BCUT2D eigenvalue weighted by Crippen LogP contribution is 2.37. The highest BCUT2D eigenvalue weighted by molar-refractivity contribution is 5.49. The molecule has 0 aliphatic carbocycles. The van der Waals surface area contributed by atoms with Crippen LogP contribution in [0.1, 0.15) is 43.0 Å². The van der Waals surface area contributed by atoms with E-state index in [1.807, 2.05) is 23.7 Å². The third-order valence-corrected chi connectivity index (χ3v) is 3.58. The zero-order valence-electron chi connectivity index (χ0n) is 13.1. The van der Waals surface area contributed by atoms with Gasteiger partial charge in [0.25, 0.3) is 0 Å². The lowest BCUT2D eigenvalue weighted by molar-refractivity contribution is 0.204. The minimum Gasteiger partial charge on any atom is -0.493 e. The van der Waals surface area contributed by atoms with Gasteiger partial charge in [0.1, 0.15) is 11.9 Å². The molecule has 0 radical (unpaired) electrons. The van der Waals surface area contributed by atoms with E-state index in [2.05, 4.69) is 18.8 Å². The minimum atomic E-state index is -0.819. The summed E-state index contributed by atoms with van der Waals surface area (Å²) in [5.41, 5.74) is 1.39. The van der Waals surface area contributed by atoms with Crippen LogP contribution in [0.15, 0.2) is 24.4 Å². The van der Waals surface area contributed by atoms with Gasteiger partial charge in [-0.1, -0.05) is 26.0 Å². The Labute approximate surface area is 125 Å².